The van der Waals surface area contributed by atoms with E-state index in [2.05, 4.69) is 11.1 Å². The van der Waals surface area contributed by atoms with Crippen molar-refractivity contribution >= 4 is 16.9 Å². The van der Waals surface area contributed by atoms with Gasteiger partial charge in [-0.25, -0.2) is 4.79 Å². The average molecular weight is 327 g/mol. The molecular formula is C22H17NO2. The molecular weight excluding hydrogens is 310 g/mol. The number of nitrogens with one attached hydrogen (secondary N) is 1. The van der Waals surface area contributed by atoms with Gasteiger partial charge in [0.25, 0.3) is 0 Å². The standard InChI is InChI=1S/C22H17NO2/c1-14-6-8-15(9-7-14)17-10-18(12-19(11-17)22(24)25)21-13-16-4-2-3-5-20(16)23-21/h2-13,23H,1H3,(H,24,25). The maximum atomic E-state index is 11.6. The fraction of sp³-hybridized carbons (Fsp3) is 0.0455. The summed E-state index contributed by atoms with van der Waals surface area (Å²) in [5.41, 5.74) is 6.18. The smallest absolute Gasteiger partial charge is 0.335 e. The Bertz CT molecular complexity index is 1040. The summed E-state index contributed by atoms with van der Waals surface area (Å²) in [6, 6.07) is 23.6. The molecule has 0 aliphatic heterocycles. The third-order valence-electron chi connectivity index (χ3n) is 4.41. The number of hydrogen-bond donors (Lipinski definition) is 2. The zero-order chi connectivity index (χ0) is 17.4. The molecule has 122 valence electrons. The minimum atomic E-state index is -0.925. The second-order valence-corrected chi connectivity index (χ2v) is 6.24. The molecule has 1 aromatic heterocycles. The molecule has 0 atom stereocenters. The summed E-state index contributed by atoms with van der Waals surface area (Å²) in [6.07, 6.45) is 0. The zero-order valence-electron chi connectivity index (χ0n) is 13.8. The van der Waals surface area contributed by atoms with Crippen LogP contribution in [0.5, 0.6) is 0 Å². The molecule has 0 fully saturated rings. The normalized spacial score (nSPS) is 10.9. The van der Waals surface area contributed by atoms with Crippen molar-refractivity contribution in [3.63, 3.8) is 0 Å². The van der Waals surface area contributed by atoms with Crippen LogP contribution in [0.15, 0.2) is 72.8 Å². The van der Waals surface area contributed by atoms with E-state index in [9.17, 15) is 9.90 Å². The van der Waals surface area contributed by atoms with E-state index < -0.39 is 5.97 Å². The van der Waals surface area contributed by atoms with Crippen LogP contribution in [0.1, 0.15) is 15.9 Å². The number of H-pyrrole nitrogens is 1. The van der Waals surface area contributed by atoms with E-state index in [1.165, 1.54) is 5.56 Å². The topological polar surface area (TPSA) is 53.1 Å². The van der Waals surface area contributed by atoms with Crippen molar-refractivity contribution in [2.75, 3.05) is 0 Å². The number of carboxylic acids is 1. The highest BCUT2D eigenvalue weighted by Crippen LogP contribution is 2.30. The number of carboxylic acid groups (broad SMARTS) is 1. The Morgan fingerprint density at radius 3 is 2.28 bits per heavy atom. The van der Waals surface area contributed by atoms with Crippen molar-refractivity contribution in [2.45, 2.75) is 6.92 Å². The van der Waals surface area contributed by atoms with Gasteiger partial charge in [0, 0.05) is 16.6 Å². The Morgan fingerprint density at radius 1 is 0.840 bits per heavy atom. The SMILES string of the molecule is Cc1ccc(-c2cc(C(=O)O)cc(-c3cc4ccccc4[nH]3)c2)cc1. The number of para-hydroxylation sites is 1. The molecule has 0 saturated carbocycles. The lowest BCUT2D eigenvalue weighted by Crippen LogP contribution is -1.97. The Morgan fingerprint density at radius 2 is 1.56 bits per heavy atom. The Labute approximate surface area is 145 Å². The number of benzene rings is 3. The monoisotopic (exact) mass is 327 g/mol. The fourth-order valence-corrected chi connectivity index (χ4v) is 3.05. The van der Waals surface area contributed by atoms with Crippen LogP contribution in [0.3, 0.4) is 0 Å². The van der Waals surface area contributed by atoms with Gasteiger partial charge in [0.15, 0.2) is 0 Å². The Kier molecular flexibility index (Phi) is 3.62. The van der Waals surface area contributed by atoms with Crippen molar-refractivity contribution in [1.29, 1.82) is 0 Å². The quantitative estimate of drug-likeness (QED) is 0.521. The summed E-state index contributed by atoms with van der Waals surface area (Å²) in [7, 11) is 0. The lowest BCUT2D eigenvalue weighted by molar-refractivity contribution is 0.0697. The van der Waals surface area contributed by atoms with Gasteiger partial charge in [0.1, 0.15) is 0 Å². The van der Waals surface area contributed by atoms with Crippen LogP contribution in [-0.4, -0.2) is 16.1 Å². The van der Waals surface area contributed by atoms with Crippen LogP contribution in [0.25, 0.3) is 33.3 Å². The molecule has 0 aliphatic rings. The first kappa shape index (κ1) is 15.2. The number of fused-ring (bicyclic) bond motifs is 1. The van der Waals surface area contributed by atoms with Gasteiger partial charge in [-0.15, -0.1) is 0 Å². The second-order valence-electron chi connectivity index (χ2n) is 6.24. The molecule has 4 rings (SSSR count). The van der Waals surface area contributed by atoms with Gasteiger partial charge in [-0.2, -0.15) is 0 Å². The molecule has 0 spiro atoms. The minimum absolute atomic E-state index is 0.284. The highest BCUT2D eigenvalue weighted by atomic mass is 16.4. The predicted molar refractivity (Wildman–Crippen MR) is 101 cm³/mol. The molecule has 4 aromatic rings. The van der Waals surface area contributed by atoms with E-state index in [-0.39, 0.29) is 5.56 Å². The summed E-state index contributed by atoms with van der Waals surface area (Å²) < 4.78 is 0. The van der Waals surface area contributed by atoms with E-state index in [4.69, 9.17) is 0 Å². The van der Waals surface area contributed by atoms with Gasteiger partial charge in [0.05, 0.1) is 5.56 Å². The fourth-order valence-electron chi connectivity index (χ4n) is 3.05. The maximum Gasteiger partial charge on any atom is 0.335 e. The average Bonchev–Trinajstić information content (AvgIpc) is 3.06. The van der Waals surface area contributed by atoms with Crippen molar-refractivity contribution in [3.05, 3.63) is 83.9 Å². The first-order valence-electron chi connectivity index (χ1n) is 8.14. The van der Waals surface area contributed by atoms with E-state index in [0.717, 1.165) is 33.3 Å². The molecule has 0 amide bonds. The summed E-state index contributed by atoms with van der Waals surface area (Å²) in [6.45, 7) is 2.04. The van der Waals surface area contributed by atoms with Crippen LogP contribution in [-0.2, 0) is 0 Å². The van der Waals surface area contributed by atoms with Crippen molar-refractivity contribution in [2.24, 2.45) is 0 Å². The lowest BCUT2D eigenvalue weighted by atomic mass is 9.98. The van der Waals surface area contributed by atoms with Crippen molar-refractivity contribution in [1.82, 2.24) is 4.98 Å². The molecule has 2 N–H and O–H groups in total. The number of rotatable bonds is 3. The first-order chi connectivity index (χ1) is 12.1. The third-order valence-corrected chi connectivity index (χ3v) is 4.41. The second kappa shape index (κ2) is 5.95. The number of hydrogen-bond acceptors (Lipinski definition) is 1. The zero-order valence-corrected chi connectivity index (χ0v) is 13.8. The van der Waals surface area contributed by atoms with Crippen LogP contribution in [0.2, 0.25) is 0 Å². The van der Waals surface area contributed by atoms with E-state index in [0.29, 0.717) is 0 Å². The van der Waals surface area contributed by atoms with Gasteiger partial charge in [0.2, 0.25) is 0 Å². The summed E-state index contributed by atoms with van der Waals surface area (Å²) >= 11 is 0. The summed E-state index contributed by atoms with van der Waals surface area (Å²) in [4.78, 5) is 15.0. The largest absolute Gasteiger partial charge is 0.478 e. The van der Waals surface area contributed by atoms with E-state index in [1.807, 2.05) is 61.5 Å². The molecule has 3 aromatic carbocycles. The predicted octanol–water partition coefficient (Wildman–Crippen LogP) is 5.51. The Balaban J connectivity index is 1.89. The van der Waals surface area contributed by atoms with Gasteiger partial charge < -0.3 is 10.1 Å². The number of aromatic carboxylic acids is 1. The highest BCUT2D eigenvalue weighted by molar-refractivity contribution is 5.93. The van der Waals surface area contributed by atoms with Gasteiger partial charge in [-0.1, -0.05) is 48.0 Å². The van der Waals surface area contributed by atoms with E-state index in [1.54, 1.807) is 12.1 Å². The minimum Gasteiger partial charge on any atom is -0.478 e. The Hall–Kier alpha value is -3.33. The summed E-state index contributed by atoms with van der Waals surface area (Å²) in [5, 5.41) is 10.6. The van der Waals surface area contributed by atoms with Gasteiger partial charge >= 0.3 is 5.97 Å². The highest BCUT2D eigenvalue weighted by Gasteiger charge is 2.11. The van der Waals surface area contributed by atoms with Gasteiger partial charge in [-0.3, -0.25) is 0 Å². The van der Waals surface area contributed by atoms with Crippen molar-refractivity contribution in [3.8, 4) is 22.4 Å². The van der Waals surface area contributed by atoms with Crippen LogP contribution >= 0.6 is 0 Å². The van der Waals surface area contributed by atoms with E-state index >= 15 is 0 Å². The molecule has 3 nitrogen and oxygen atoms in total. The molecule has 0 radical (unpaired) electrons. The maximum absolute atomic E-state index is 11.6. The lowest BCUT2D eigenvalue weighted by Gasteiger charge is -2.08. The molecule has 0 aliphatic carbocycles. The molecule has 0 bridgehead atoms. The number of aromatic nitrogens is 1. The number of carbonyl (C=O) groups is 1. The number of aryl methyl sites for hydroxylation is 1. The molecule has 1 heterocycles. The first-order valence-corrected chi connectivity index (χ1v) is 8.14. The van der Waals surface area contributed by atoms with Crippen LogP contribution < -0.4 is 0 Å². The third kappa shape index (κ3) is 2.92. The van der Waals surface area contributed by atoms with Crippen molar-refractivity contribution < 1.29 is 9.90 Å². The van der Waals surface area contributed by atoms with Gasteiger partial charge in [-0.05, 0) is 53.9 Å². The molecule has 25 heavy (non-hydrogen) atoms. The number of aromatic amines is 1. The summed E-state index contributed by atoms with van der Waals surface area (Å²) in [5.74, 6) is -0.925. The van der Waals surface area contributed by atoms with Crippen LogP contribution in [0, 0.1) is 6.92 Å². The molecule has 3 heteroatoms. The molecule has 0 unspecified atom stereocenters. The van der Waals surface area contributed by atoms with Crippen LogP contribution in [0.4, 0.5) is 0 Å². The molecule has 0 saturated heterocycles.